The predicted molar refractivity (Wildman–Crippen MR) is 82.2 cm³/mol. The van der Waals surface area contributed by atoms with E-state index in [0.717, 1.165) is 0 Å². The van der Waals surface area contributed by atoms with Crippen molar-refractivity contribution in [1.82, 2.24) is 0 Å². The van der Waals surface area contributed by atoms with Crippen LogP contribution in [0.15, 0.2) is 42.5 Å². The topological polar surface area (TPSA) is 78.4 Å². The maximum Gasteiger partial charge on any atom is 0.336 e. The van der Waals surface area contributed by atoms with Crippen LogP contribution in [-0.4, -0.2) is 17.0 Å². The van der Waals surface area contributed by atoms with Crippen molar-refractivity contribution in [3.05, 3.63) is 53.6 Å². The van der Waals surface area contributed by atoms with Gasteiger partial charge in [0.1, 0.15) is 0 Å². The third kappa shape index (κ3) is 3.39. The van der Waals surface area contributed by atoms with Crippen LogP contribution in [-0.2, 0) is 4.79 Å². The van der Waals surface area contributed by atoms with Gasteiger partial charge in [-0.3, -0.25) is 4.79 Å². The molecular weight excluding hydrogens is 268 g/mol. The summed E-state index contributed by atoms with van der Waals surface area (Å²) in [6, 6.07) is 12.3. The molecule has 0 saturated heterocycles. The second-order valence-corrected chi connectivity index (χ2v) is 4.64. The lowest BCUT2D eigenvalue weighted by atomic mass is 10.1. The van der Waals surface area contributed by atoms with Gasteiger partial charge in [-0.25, -0.2) is 4.79 Å². The molecule has 108 valence electrons. The summed E-state index contributed by atoms with van der Waals surface area (Å²) in [5, 5.41) is 15.0. The Balaban J connectivity index is 2.37. The molecule has 0 atom stereocenters. The maximum atomic E-state index is 11.2. The number of carbonyl (C=O) groups is 2. The number of anilines is 3. The molecule has 0 radical (unpaired) electrons. The Bertz CT molecular complexity index is 696. The molecular formula is C16H16N2O3. The normalized spacial score (nSPS) is 10.0. The minimum absolute atomic E-state index is 0.166. The largest absolute Gasteiger partial charge is 0.478 e. The lowest BCUT2D eigenvalue weighted by Crippen LogP contribution is -2.08. The van der Waals surface area contributed by atoms with E-state index in [0.29, 0.717) is 22.6 Å². The summed E-state index contributed by atoms with van der Waals surface area (Å²) >= 11 is 0. The summed E-state index contributed by atoms with van der Waals surface area (Å²) in [4.78, 5) is 22.4. The molecule has 0 bridgehead atoms. The van der Waals surface area contributed by atoms with E-state index in [1.165, 1.54) is 6.92 Å². The Hall–Kier alpha value is -2.82. The van der Waals surface area contributed by atoms with E-state index in [-0.39, 0.29) is 11.5 Å². The third-order valence-electron chi connectivity index (χ3n) is 3.07. The van der Waals surface area contributed by atoms with Crippen LogP contribution in [0.25, 0.3) is 0 Å². The van der Waals surface area contributed by atoms with Crippen LogP contribution in [0.4, 0.5) is 17.1 Å². The van der Waals surface area contributed by atoms with E-state index in [2.05, 4.69) is 10.6 Å². The zero-order valence-corrected chi connectivity index (χ0v) is 11.8. The standard InChI is InChI=1S/C16H16N2O3/c1-10-12(16(20)21)6-5-9-13(10)18-15-8-4-3-7-14(15)17-11(2)19/h3-9,18H,1-2H3,(H,17,19)(H,20,21). The molecule has 2 aromatic rings. The summed E-state index contributed by atoms with van der Waals surface area (Å²) in [5.41, 5.74) is 2.93. The van der Waals surface area contributed by atoms with Crippen LogP contribution in [0, 0.1) is 6.92 Å². The number of rotatable bonds is 4. The van der Waals surface area contributed by atoms with Gasteiger partial charge in [0.25, 0.3) is 0 Å². The Morgan fingerprint density at radius 1 is 0.952 bits per heavy atom. The van der Waals surface area contributed by atoms with Crippen molar-refractivity contribution in [2.24, 2.45) is 0 Å². The van der Waals surface area contributed by atoms with Gasteiger partial charge in [0.15, 0.2) is 0 Å². The minimum Gasteiger partial charge on any atom is -0.478 e. The first-order valence-corrected chi connectivity index (χ1v) is 6.45. The molecule has 3 N–H and O–H groups in total. The highest BCUT2D eigenvalue weighted by Gasteiger charge is 2.11. The van der Waals surface area contributed by atoms with Crippen LogP contribution >= 0.6 is 0 Å². The van der Waals surface area contributed by atoms with Gasteiger partial charge in [0.05, 0.1) is 16.9 Å². The number of carboxylic acids is 1. The fourth-order valence-corrected chi connectivity index (χ4v) is 2.04. The Kier molecular flexibility index (Phi) is 4.23. The van der Waals surface area contributed by atoms with Crippen LogP contribution in [0.5, 0.6) is 0 Å². The molecule has 1 amide bonds. The number of carbonyl (C=O) groups excluding carboxylic acids is 1. The zero-order chi connectivity index (χ0) is 15.4. The Morgan fingerprint density at radius 3 is 2.19 bits per heavy atom. The minimum atomic E-state index is -0.966. The lowest BCUT2D eigenvalue weighted by Gasteiger charge is -2.15. The first kappa shape index (κ1) is 14.6. The first-order valence-electron chi connectivity index (χ1n) is 6.45. The van der Waals surface area contributed by atoms with Crippen LogP contribution in [0.1, 0.15) is 22.8 Å². The number of amides is 1. The number of para-hydroxylation sites is 2. The number of nitrogens with one attached hydrogen (secondary N) is 2. The van der Waals surface area contributed by atoms with Gasteiger partial charge in [0, 0.05) is 12.6 Å². The monoisotopic (exact) mass is 284 g/mol. The van der Waals surface area contributed by atoms with Gasteiger partial charge < -0.3 is 15.7 Å². The van der Waals surface area contributed by atoms with Gasteiger partial charge in [-0.1, -0.05) is 18.2 Å². The van der Waals surface area contributed by atoms with Crippen LogP contribution < -0.4 is 10.6 Å². The molecule has 0 aliphatic rings. The van der Waals surface area contributed by atoms with E-state index in [1.54, 1.807) is 31.2 Å². The van der Waals surface area contributed by atoms with Crippen molar-refractivity contribution in [3.63, 3.8) is 0 Å². The molecule has 5 nitrogen and oxygen atoms in total. The summed E-state index contributed by atoms with van der Waals surface area (Å²) in [6.45, 7) is 3.18. The van der Waals surface area contributed by atoms with Crippen molar-refractivity contribution in [2.45, 2.75) is 13.8 Å². The number of hydrogen-bond acceptors (Lipinski definition) is 3. The average Bonchev–Trinajstić information content (AvgIpc) is 2.42. The molecule has 5 heteroatoms. The van der Waals surface area contributed by atoms with Gasteiger partial charge >= 0.3 is 5.97 Å². The lowest BCUT2D eigenvalue weighted by molar-refractivity contribution is -0.114. The summed E-state index contributed by atoms with van der Waals surface area (Å²) in [5.74, 6) is -1.13. The van der Waals surface area contributed by atoms with E-state index < -0.39 is 5.97 Å². The summed E-state index contributed by atoms with van der Waals surface area (Å²) in [7, 11) is 0. The van der Waals surface area contributed by atoms with E-state index in [9.17, 15) is 9.59 Å². The molecule has 0 saturated carbocycles. The number of hydrogen-bond donors (Lipinski definition) is 3. The highest BCUT2D eigenvalue weighted by Crippen LogP contribution is 2.28. The maximum absolute atomic E-state index is 11.2. The van der Waals surface area contributed by atoms with Crippen LogP contribution in [0.3, 0.4) is 0 Å². The highest BCUT2D eigenvalue weighted by molar-refractivity contribution is 5.95. The quantitative estimate of drug-likeness (QED) is 0.804. The summed E-state index contributed by atoms with van der Waals surface area (Å²) < 4.78 is 0. The Morgan fingerprint density at radius 2 is 1.57 bits per heavy atom. The Labute approximate surface area is 122 Å². The van der Waals surface area contributed by atoms with Gasteiger partial charge in [-0.2, -0.15) is 0 Å². The SMILES string of the molecule is CC(=O)Nc1ccccc1Nc1cccc(C(=O)O)c1C. The van der Waals surface area contributed by atoms with Gasteiger partial charge in [-0.15, -0.1) is 0 Å². The molecule has 2 aromatic carbocycles. The second kappa shape index (κ2) is 6.09. The number of carboxylic acid groups (broad SMARTS) is 1. The smallest absolute Gasteiger partial charge is 0.336 e. The molecule has 0 spiro atoms. The van der Waals surface area contributed by atoms with Gasteiger partial charge in [0.2, 0.25) is 5.91 Å². The van der Waals surface area contributed by atoms with E-state index in [4.69, 9.17) is 5.11 Å². The van der Waals surface area contributed by atoms with Crippen molar-refractivity contribution in [1.29, 1.82) is 0 Å². The van der Waals surface area contributed by atoms with Crippen molar-refractivity contribution < 1.29 is 14.7 Å². The molecule has 0 fully saturated rings. The summed E-state index contributed by atoms with van der Waals surface area (Å²) in [6.07, 6.45) is 0. The number of aromatic carboxylic acids is 1. The third-order valence-corrected chi connectivity index (χ3v) is 3.07. The van der Waals surface area contributed by atoms with Crippen LogP contribution in [0.2, 0.25) is 0 Å². The van der Waals surface area contributed by atoms with Gasteiger partial charge in [-0.05, 0) is 36.8 Å². The molecule has 0 aliphatic heterocycles. The molecule has 0 heterocycles. The molecule has 21 heavy (non-hydrogen) atoms. The van der Waals surface area contributed by atoms with Crippen molar-refractivity contribution in [2.75, 3.05) is 10.6 Å². The first-order chi connectivity index (χ1) is 9.99. The average molecular weight is 284 g/mol. The molecule has 0 aliphatic carbocycles. The fraction of sp³-hybridized carbons (Fsp3) is 0.125. The predicted octanol–water partition coefficient (Wildman–Crippen LogP) is 3.40. The van der Waals surface area contributed by atoms with E-state index in [1.807, 2.05) is 18.2 Å². The fourth-order valence-electron chi connectivity index (χ4n) is 2.04. The molecule has 0 unspecified atom stereocenters. The molecule has 2 rings (SSSR count). The van der Waals surface area contributed by atoms with Crippen molar-refractivity contribution in [3.8, 4) is 0 Å². The molecule has 0 aromatic heterocycles. The number of benzene rings is 2. The second-order valence-electron chi connectivity index (χ2n) is 4.64. The highest BCUT2D eigenvalue weighted by atomic mass is 16.4. The zero-order valence-electron chi connectivity index (χ0n) is 11.8. The van der Waals surface area contributed by atoms with E-state index >= 15 is 0 Å². The van der Waals surface area contributed by atoms with Crippen molar-refractivity contribution >= 4 is 28.9 Å².